The van der Waals surface area contributed by atoms with Gasteiger partial charge in [0.25, 0.3) is 11.8 Å². The molecule has 36 heavy (non-hydrogen) atoms. The molecule has 0 bridgehead atoms. The molecule has 190 valence electrons. The Labute approximate surface area is 204 Å². The molecule has 1 N–H and O–H groups in total. The van der Waals surface area contributed by atoms with Crippen molar-refractivity contribution < 1.29 is 37.1 Å². The third-order valence-electron chi connectivity index (χ3n) is 6.35. The molecule has 2 fully saturated rings. The Bertz CT molecular complexity index is 1180. The number of rotatable bonds is 4. The van der Waals surface area contributed by atoms with E-state index in [9.17, 15) is 37.1 Å². The Morgan fingerprint density at radius 1 is 1.03 bits per heavy atom. The maximum Gasteiger partial charge on any atom is 0.471 e. The molecule has 3 heterocycles. The predicted octanol–water partition coefficient (Wildman–Crippen LogP) is 0.926. The van der Waals surface area contributed by atoms with Crippen LogP contribution in [0.4, 0.5) is 13.2 Å². The second-order valence-corrected chi connectivity index (χ2v) is 8.74. The number of nitrogens with zero attached hydrogens (tertiary/aromatic N) is 3. The zero-order valence-corrected chi connectivity index (χ0v) is 19.2. The lowest BCUT2D eigenvalue weighted by Crippen LogP contribution is -2.54. The maximum absolute atomic E-state index is 12.9. The van der Waals surface area contributed by atoms with Gasteiger partial charge in [0.15, 0.2) is 0 Å². The largest absolute Gasteiger partial charge is 0.471 e. The number of unbranched alkanes of at least 4 members (excludes halogenated alkanes) is 1. The Balaban J connectivity index is 1.28. The Morgan fingerprint density at radius 3 is 2.39 bits per heavy atom. The number of amides is 5. The first-order valence-corrected chi connectivity index (χ1v) is 11.5. The fourth-order valence-corrected chi connectivity index (χ4v) is 4.46. The van der Waals surface area contributed by atoms with E-state index in [0.717, 1.165) is 9.80 Å². The molecule has 0 radical (unpaired) electrons. The first-order valence-electron chi connectivity index (χ1n) is 11.5. The second-order valence-electron chi connectivity index (χ2n) is 8.74. The van der Waals surface area contributed by atoms with Crippen LogP contribution in [0.1, 0.15) is 52.0 Å². The van der Waals surface area contributed by atoms with Gasteiger partial charge >= 0.3 is 12.1 Å². The molecular weight excluding hydrogens is 481 g/mol. The molecule has 5 amide bonds. The summed E-state index contributed by atoms with van der Waals surface area (Å²) in [6, 6.07) is 3.58. The minimum atomic E-state index is -4.85. The Kier molecular flexibility index (Phi) is 7.12. The minimum absolute atomic E-state index is 0.0295. The van der Waals surface area contributed by atoms with Crippen molar-refractivity contribution in [1.82, 2.24) is 20.0 Å². The number of hydrogen-bond donors (Lipinski definition) is 1. The highest BCUT2D eigenvalue weighted by molar-refractivity contribution is 6.23. The smallest absolute Gasteiger partial charge is 0.332 e. The molecule has 3 aliphatic heterocycles. The van der Waals surface area contributed by atoms with Crippen LogP contribution in [0.2, 0.25) is 0 Å². The number of hydrogen-bond acceptors (Lipinski definition) is 6. The monoisotopic (exact) mass is 504 g/mol. The van der Waals surface area contributed by atoms with Crippen LogP contribution in [0.3, 0.4) is 0 Å². The summed E-state index contributed by atoms with van der Waals surface area (Å²) in [5, 5.41) is 2.15. The van der Waals surface area contributed by atoms with Gasteiger partial charge in [-0.05, 0) is 37.6 Å². The molecule has 4 rings (SSSR count). The fraction of sp³-hybridized carbons (Fsp3) is 0.458. The molecule has 1 atom stereocenters. The number of halogens is 3. The highest BCUT2D eigenvalue weighted by atomic mass is 19.4. The predicted molar refractivity (Wildman–Crippen MR) is 118 cm³/mol. The molecular formula is C24H23F3N4O5. The summed E-state index contributed by atoms with van der Waals surface area (Å²) in [7, 11) is 0. The number of nitrogens with one attached hydrogen (secondary N) is 1. The molecule has 1 aromatic rings. The van der Waals surface area contributed by atoms with Gasteiger partial charge in [0.1, 0.15) is 6.04 Å². The third-order valence-corrected chi connectivity index (χ3v) is 6.35. The number of benzene rings is 1. The molecule has 0 aromatic heterocycles. The van der Waals surface area contributed by atoms with E-state index < -0.39 is 41.8 Å². The van der Waals surface area contributed by atoms with Gasteiger partial charge in [0.2, 0.25) is 11.8 Å². The van der Waals surface area contributed by atoms with Crippen molar-refractivity contribution in [3.05, 3.63) is 34.9 Å². The molecule has 0 spiro atoms. The van der Waals surface area contributed by atoms with Gasteiger partial charge in [-0.15, -0.1) is 0 Å². The summed E-state index contributed by atoms with van der Waals surface area (Å²) >= 11 is 0. The van der Waals surface area contributed by atoms with Gasteiger partial charge in [-0.25, -0.2) is 0 Å². The summed E-state index contributed by atoms with van der Waals surface area (Å²) in [6.45, 7) is 1.41. The summed E-state index contributed by atoms with van der Waals surface area (Å²) in [5.41, 5.74) is 0.862. The fourth-order valence-electron chi connectivity index (χ4n) is 4.46. The second kappa shape index (κ2) is 10.1. The molecule has 12 heteroatoms. The number of alkyl halides is 3. The molecule has 9 nitrogen and oxygen atoms in total. The van der Waals surface area contributed by atoms with Crippen molar-refractivity contribution in [3.8, 4) is 11.8 Å². The van der Waals surface area contributed by atoms with E-state index in [1.54, 1.807) is 6.07 Å². The lowest BCUT2D eigenvalue weighted by molar-refractivity contribution is -0.187. The lowest BCUT2D eigenvalue weighted by atomic mass is 10.0. The first kappa shape index (κ1) is 25.4. The van der Waals surface area contributed by atoms with Gasteiger partial charge in [-0.1, -0.05) is 11.8 Å². The number of piperazine rings is 1. The van der Waals surface area contributed by atoms with Crippen LogP contribution in [-0.2, 0) is 14.4 Å². The lowest BCUT2D eigenvalue weighted by Gasteiger charge is -2.34. The summed E-state index contributed by atoms with van der Waals surface area (Å²) < 4.78 is 37.6. The topological polar surface area (TPSA) is 107 Å². The number of carbonyl (C=O) groups is 5. The van der Waals surface area contributed by atoms with Crippen molar-refractivity contribution in [2.45, 2.75) is 37.9 Å². The van der Waals surface area contributed by atoms with Gasteiger partial charge in [0, 0.05) is 44.6 Å². The van der Waals surface area contributed by atoms with E-state index in [1.165, 1.54) is 12.1 Å². The number of piperidine rings is 1. The van der Waals surface area contributed by atoms with Crippen molar-refractivity contribution >= 4 is 29.5 Å². The van der Waals surface area contributed by atoms with Crippen molar-refractivity contribution in [1.29, 1.82) is 0 Å². The molecule has 3 aliphatic rings. The average molecular weight is 504 g/mol. The van der Waals surface area contributed by atoms with Crippen molar-refractivity contribution in [2.75, 3.05) is 32.7 Å². The van der Waals surface area contributed by atoms with Gasteiger partial charge in [0.05, 0.1) is 11.1 Å². The van der Waals surface area contributed by atoms with Crippen LogP contribution >= 0.6 is 0 Å². The van der Waals surface area contributed by atoms with E-state index in [0.29, 0.717) is 38.0 Å². The Hall–Kier alpha value is -3.72. The third kappa shape index (κ3) is 5.26. The van der Waals surface area contributed by atoms with Crippen LogP contribution in [-0.4, -0.2) is 89.2 Å². The molecule has 1 unspecified atom stereocenters. The normalized spacial score (nSPS) is 20.7. The van der Waals surface area contributed by atoms with Crippen LogP contribution in [0.25, 0.3) is 0 Å². The average Bonchev–Trinajstić information content (AvgIpc) is 3.08. The van der Waals surface area contributed by atoms with E-state index in [4.69, 9.17) is 0 Å². The molecule has 0 aliphatic carbocycles. The van der Waals surface area contributed by atoms with Crippen LogP contribution < -0.4 is 5.32 Å². The highest BCUT2D eigenvalue weighted by Gasteiger charge is 2.45. The quantitative estimate of drug-likeness (QED) is 0.372. The van der Waals surface area contributed by atoms with E-state index in [2.05, 4.69) is 17.2 Å². The Morgan fingerprint density at radius 2 is 1.72 bits per heavy atom. The highest BCUT2D eigenvalue weighted by Crippen LogP contribution is 2.28. The number of carbonyl (C=O) groups excluding carboxylic acids is 5. The minimum Gasteiger partial charge on any atom is -0.332 e. The SMILES string of the molecule is O=C1CCC(N2C(=O)c3ccc(C#CCCCN4CCN(C(=O)C(F)(F)F)CC4)cc3C2=O)C(=O)N1. The van der Waals surface area contributed by atoms with E-state index in [1.807, 2.05) is 4.90 Å². The van der Waals surface area contributed by atoms with E-state index >= 15 is 0 Å². The van der Waals surface area contributed by atoms with Gasteiger partial charge in [-0.3, -0.25) is 39.1 Å². The standard InChI is InChI=1S/C24H23F3N4O5/c25-24(26,27)23(36)30-12-10-29(11-13-30)9-3-1-2-4-15-5-6-16-17(14-15)22(35)31(21(16)34)18-7-8-19(32)28-20(18)33/h5-6,14,18H,1,3,7-13H2,(H,28,32,33). The van der Waals surface area contributed by atoms with Crippen molar-refractivity contribution in [3.63, 3.8) is 0 Å². The van der Waals surface area contributed by atoms with Crippen LogP contribution in [0.5, 0.6) is 0 Å². The first-order chi connectivity index (χ1) is 17.1. The van der Waals surface area contributed by atoms with E-state index in [-0.39, 0.29) is 37.1 Å². The molecule has 1 aromatic carbocycles. The summed E-state index contributed by atoms with van der Waals surface area (Å²) in [4.78, 5) is 64.1. The van der Waals surface area contributed by atoms with Crippen LogP contribution in [0.15, 0.2) is 18.2 Å². The molecule has 2 saturated heterocycles. The van der Waals surface area contributed by atoms with Gasteiger partial charge < -0.3 is 4.90 Å². The van der Waals surface area contributed by atoms with Crippen LogP contribution in [0, 0.1) is 11.8 Å². The van der Waals surface area contributed by atoms with Crippen molar-refractivity contribution in [2.24, 2.45) is 0 Å². The zero-order chi connectivity index (χ0) is 26.0. The molecule has 0 saturated carbocycles. The zero-order valence-electron chi connectivity index (χ0n) is 19.2. The van der Waals surface area contributed by atoms with Gasteiger partial charge in [-0.2, -0.15) is 13.2 Å². The maximum atomic E-state index is 12.9. The summed E-state index contributed by atoms with van der Waals surface area (Å²) in [6.07, 6.45) is -3.55. The number of imide groups is 2. The summed E-state index contributed by atoms with van der Waals surface area (Å²) in [5.74, 6) is 1.83. The number of fused-ring (bicyclic) bond motifs is 1.